The van der Waals surface area contributed by atoms with Crippen LogP contribution in [0.5, 0.6) is 0 Å². The molecule has 17 heteroatoms. The average Bonchev–Trinajstić information content (AvgIpc) is 3.58. The molecular weight excluding hydrogens is 859 g/mol. The molecule has 358 valence electrons. The number of likely N-dealkylation sites (tertiary alicyclic amines) is 2. The highest BCUT2D eigenvalue weighted by Crippen LogP contribution is 2.38. The molecule has 6 heterocycles. The van der Waals surface area contributed by atoms with Crippen LogP contribution in [0.25, 0.3) is 5.57 Å². The quantitative estimate of drug-likeness (QED) is 0.114. The van der Waals surface area contributed by atoms with E-state index in [-0.39, 0.29) is 42.7 Å². The second-order valence-electron chi connectivity index (χ2n) is 18.9. The molecule has 1 atom stereocenters. The lowest BCUT2D eigenvalue weighted by Gasteiger charge is -2.39. The normalized spacial score (nSPS) is 21.7. The fourth-order valence-electron chi connectivity index (χ4n) is 10.9. The molecule has 2 aromatic carbocycles. The lowest BCUT2D eigenvalue weighted by Crippen LogP contribution is -2.54. The van der Waals surface area contributed by atoms with E-state index in [9.17, 15) is 38.2 Å². The molecule has 0 aliphatic carbocycles. The molecule has 0 aromatic heterocycles. The van der Waals surface area contributed by atoms with Crippen molar-refractivity contribution >= 4 is 52.8 Å². The summed E-state index contributed by atoms with van der Waals surface area (Å²) in [5.41, 5.74) is 11.2. The first-order valence-corrected chi connectivity index (χ1v) is 24.0. The van der Waals surface area contributed by atoms with Crippen LogP contribution in [0.2, 0.25) is 0 Å². The van der Waals surface area contributed by atoms with E-state index in [2.05, 4.69) is 25.4 Å². The Bertz CT molecular complexity index is 2370. The number of amides is 5. The molecule has 5 N–H and O–H groups in total. The number of fused-ring (bicyclic) bond motifs is 2. The van der Waals surface area contributed by atoms with Gasteiger partial charge in [-0.3, -0.25) is 44.6 Å². The lowest BCUT2D eigenvalue weighted by atomic mass is 9.89. The third-order valence-corrected chi connectivity index (χ3v) is 14.7. The minimum absolute atomic E-state index is 0.0589. The van der Waals surface area contributed by atoms with Gasteiger partial charge in [0.25, 0.3) is 18.2 Å². The molecule has 15 nitrogen and oxygen atoms in total. The van der Waals surface area contributed by atoms with Crippen LogP contribution in [0.15, 0.2) is 52.8 Å². The molecule has 0 bridgehead atoms. The summed E-state index contributed by atoms with van der Waals surface area (Å²) in [6.45, 7) is 8.92. The van der Waals surface area contributed by atoms with Crippen molar-refractivity contribution in [3.05, 3.63) is 81.2 Å². The van der Waals surface area contributed by atoms with Crippen LogP contribution in [-0.2, 0) is 27.2 Å². The molecular formula is C50H64F2N10O5. The summed E-state index contributed by atoms with van der Waals surface area (Å²) >= 11 is 0. The number of nitrogens with one attached hydrogen (secondary N) is 3. The Kier molecular flexibility index (Phi) is 14.9. The minimum Gasteiger partial charge on any atom is -0.404 e. The van der Waals surface area contributed by atoms with Gasteiger partial charge in [0.1, 0.15) is 11.9 Å². The molecule has 3 saturated heterocycles. The van der Waals surface area contributed by atoms with Crippen LogP contribution in [-0.4, -0.2) is 139 Å². The molecule has 6 aliphatic rings. The third kappa shape index (κ3) is 10.4. The van der Waals surface area contributed by atoms with Crippen molar-refractivity contribution in [1.82, 2.24) is 30.2 Å². The molecule has 0 saturated carbocycles. The molecule has 6 aliphatic heterocycles. The summed E-state index contributed by atoms with van der Waals surface area (Å²) in [7, 11) is 1.57. The van der Waals surface area contributed by atoms with Crippen LogP contribution < -0.4 is 21.3 Å². The van der Waals surface area contributed by atoms with E-state index < -0.39 is 36.1 Å². The number of nitrogens with two attached hydrogens (primary N) is 1. The highest BCUT2D eigenvalue weighted by Gasteiger charge is 2.45. The van der Waals surface area contributed by atoms with Crippen molar-refractivity contribution < 1.29 is 32.8 Å². The van der Waals surface area contributed by atoms with E-state index in [0.717, 1.165) is 112 Å². The lowest BCUT2D eigenvalue weighted by molar-refractivity contribution is -0.136. The number of anilines is 1. The Morgan fingerprint density at radius 1 is 0.955 bits per heavy atom. The van der Waals surface area contributed by atoms with Crippen LogP contribution in [0.4, 0.5) is 14.5 Å². The maximum absolute atomic E-state index is 14.6. The number of nitrogens with zero attached hydrogens (tertiary/aromatic N) is 6. The number of imide groups is 2. The van der Waals surface area contributed by atoms with E-state index in [1.165, 1.54) is 18.5 Å². The summed E-state index contributed by atoms with van der Waals surface area (Å²) in [4.78, 5) is 77.4. The van der Waals surface area contributed by atoms with Gasteiger partial charge in [0, 0.05) is 99.5 Å². The predicted molar refractivity (Wildman–Crippen MR) is 253 cm³/mol. The smallest absolute Gasteiger partial charge is 0.264 e. The Balaban J connectivity index is 0.809. The van der Waals surface area contributed by atoms with Gasteiger partial charge in [0.15, 0.2) is 0 Å². The van der Waals surface area contributed by atoms with Gasteiger partial charge in [0.2, 0.25) is 17.7 Å². The Hall–Kier alpha value is -5.81. The molecule has 2 aromatic rings. The zero-order chi connectivity index (χ0) is 47.4. The van der Waals surface area contributed by atoms with Crippen molar-refractivity contribution in [2.45, 2.75) is 102 Å². The van der Waals surface area contributed by atoms with Crippen LogP contribution in [0.3, 0.4) is 0 Å². The summed E-state index contributed by atoms with van der Waals surface area (Å²) in [6.07, 6.45) is 9.02. The molecule has 0 spiro atoms. The fourth-order valence-corrected chi connectivity index (χ4v) is 10.9. The van der Waals surface area contributed by atoms with Crippen LogP contribution in [0.1, 0.15) is 121 Å². The fraction of sp³-hybridized carbons (Fsp3) is 0.540. The van der Waals surface area contributed by atoms with Crippen molar-refractivity contribution in [3.8, 4) is 0 Å². The molecule has 8 rings (SSSR count). The standard InChI is InChI=1S/C50H64F2N10O5/c1-31(63)60-25-17-41(40(30-60)47(54)61-20-4-7-34-26-38(35(28-53)29-55-2)39(46(51)52)27-43(34)61)56-36-15-23-59(24-16-36)19-5-18-58-21-13-32(14-22-58)9-10-33-6-3-8-37-45(33)50(67)62(49(37)66)42-11-12-44(64)57-48(42)65/h3,6,8,26-29,32,36,42,46,54,56H,4-5,7,9-25,30,53H2,1-2H3,(H,57,64,65). The highest BCUT2D eigenvalue weighted by molar-refractivity contribution is 6.24. The number of halogens is 2. The number of aryl methyl sites for hydroxylation is 2. The molecule has 5 amide bonds. The van der Waals surface area contributed by atoms with E-state index in [4.69, 9.17) is 5.73 Å². The number of carbonyl (C=O) groups is 5. The number of allylic oxidation sites excluding steroid dienone is 1. The number of aliphatic imine (C=N–C) groups is 1. The molecule has 1 unspecified atom stereocenters. The topological polar surface area (TPSA) is 188 Å². The number of hydrogen-bond acceptors (Lipinski definition) is 11. The average molecular weight is 923 g/mol. The third-order valence-electron chi connectivity index (χ3n) is 14.7. The van der Waals surface area contributed by atoms with Gasteiger partial charge in [-0.25, -0.2) is 8.78 Å². The number of amidine groups is 1. The van der Waals surface area contributed by atoms with Gasteiger partial charge in [-0.1, -0.05) is 12.1 Å². The van der Waals surface area contributed by atoms with Crippen molar-refractivity contribution in [2.24, 2.45) is 16.6 Å². The highest BCUT2D eigenvalue weighted by atomic mass is 19.3. The summed E-state index contributed by atoms with van der Waals surface area (Å²) in [6, 6.07) is 7.89. The van der Waals surface area contributed by atoms with Gasteiger partial charge >= 0.3 is 0 Å². The van der Waals surface area contributed by atoms with E-state index in [1.807, 2.05) is 11.0 Å². The van der Waals surface area contributed by atoms with E-state index in [0.29, 0.717) is 66.2 Å². The first-order chi connectivity index (χ1) is 32.3. The maximum atomic E-state index is 14.6. The maximum Gasteiger partial charge on any atom is 0.264 e. The number of benzene rings is 2. The van der Waals surface area contributed by atoms with E-state index in [1.54, 1.807) is 37.1 Å². The number of carbonyl (C=O) groups excluding carboxylic acids is 5. The Morgan fingerprint density at radius 2 is 1.69 bits per heavy atom. The monoisotopic (exact) mass is 923 g/mol. The number of alkyl halides is 2. The minimum atomic E-state index is -2.75. The SMILES string of the molecule is CN=CC(=CN)c1cc2c(cc1C(F)F)N(C(=N)C1=C(NC3CCN(CCCN4CCC(CCc5cccc6c5C(=O)N(C5CCC(=O)NC5=O)C6=O)CC4)CC3)CCN(C(C)=O)C1)CCC2. The number of rotatable bonds is 14. The predicted octanol–water partition coefficient (Wildman–Crippen LogP) is 5.05. The van der Waals surface area contributed by atoms with Gasteiger partial charge in [-0.2, -0.15) is 0 Å². The Morgan fingerprint density at radius 3 is 2.36 bits per heavy atom. The van der Waals surface area contributed by atoms with Crippen molar-refractivity contribution in [2.75, 3.05) is 70.9 Å². The second kappa shape index (κ2) is 21.0. The Labute approximate surface area is 391 Å². The molecule has 67 heavy (non-hydrogen) atoms. The second-order valence-corrected chi connectivity index (χ2v) is 18.9. The first-order valence-electron chi connectivity index (χ1n) is 24.0. The number of piperidine rings is 3. The molecule has 3 fully saturated rings. The van der Waals surface area contributed by atoms with Crippen LogP contribution >= 0.6 is 0 Å². The zero-order valence-corrected chi connectivity index (χ0v) is 38.8. The largest absolute Gasteiger partial charge is 0.404 e. The van der Waals surface area contributed by atoms with Gasteiger partial charge in [0.05, 0.1) is 17.7 Å². The zero-order valence-electron chi connectivity index (χ0n) is 38.8. The summed E-state index contributed by atoms with van der Waals surface area (Å²) in [5, 5.41) is 15.6. The van der Waals surface area contributed by atoms with Gasteiger partial charge < -0.3 is 30.7 Å². The summed E-state index contributed by atoms with van der Waals surface area (Å²) in [5.74, 6) is -1.21. The van der Waals surface area contributed by atoms with Crippen molar-refractivity contribution in [1.29, 1.82) is 5.41 Å². The molecule has 0 radical (unpaired) electrons. The number of hydrogen-bond donors (Lipinski definition) is 4. The van der Waals surface area contributed by atoms with Crippen molar-refractivity contribution in [3.63, 3.8) is 0 Å². The first kappa shape index (κ1) is 47.7. The van der Waals surface area contributed by atoms with Crippen LogP contribution in [0, 0.1) is 11.3 Å². The van der Waals surface area contributed by atoms with E-state index >= 15 is 0 Å². The van der Waals surface area contributed by atoms with Gasteiger partial charge in [-0.15, -0.1) is 0 Å². The van der Waals surface area contributed by atoms with Gasteiger partial charge in [-0.05, 0) is 131 Å². The summed E-state index contributed by atoms with van der Waals surface area (Å²) < 4.78 is 29.1.